The molecule has 1 aliphatic heterocycles. The Bertz CT molecular complexity index is 1040. The lowest BCUT2D eigenvalue weighted by Crippen LogP contribution is -2.42. The second-order valence-electron chi connectivity index (χ2n) is 8.71. The topological polar surface area (TPSA) is 64.4 Å². The Morgan fingerprint density at radius 2 is 2.06 bits per heavy atom. The van der Waals surface area contributed by atoms with Crippen LogP contribution in [0.15, 0.2) is 48.3 Å². The third-order valence-corrected chi connectivity index (χ3v) is 6.79. The first-order valence-corrected chi connectivity index (χ1v) is 12.0. The number of hydrogen-bond donors (Lipinski definition) is 1. The smallest absolute Gasteiger partial charge is 0.310 e. The van der Waals surface area contributed by atoms with E-state index in [1.165, 1.54) is 6.07 Å². The summed E-state index contributed by atoms with van der Waals surface area (Å²) >= 11 is 4.75. The number of benzene rings is 1. The van der Waals surface area contributed by atoms with Crippen LogP contribution in [0.1, 0.15) is 43.4 Å². The molecule has 4 rings (SSSR count). The molecule has 2 fully saturated rings. The van der Waals surface area contributed by atoms with Gasteiger partial charge >= 0.3 is 5.97 Å². The largest absolute Gasteiger partial charge is 0.466 e. The second-order valence-corrected chi connectivity index (χ2v) is 9.33. The van der Waals surface area contributed by atoms with Gasteiger partial charge in [0, 0.05) is 41.6 Å². The Labute approximate surface area is 211 Å². The van der Waals surface area contributed by atoms with Crippen LogP contribution in [0.5, 0.6) is 0 Å². The molecule has 0 amide bonds. The number of esters is 1. The number of Topliss-reactive ketones (excluding diaryl/α,β-unsaturated/α-hetero) is 1. The third kappa shape index (κ3) is 6.49. The van der Waals surface area contributed by atoms with E-state index in [1.807, 2.05) is 6.20 Å². The van der Waals surface area contributed by atoms with Crippen LogP contribution in [0.2, 0.25) is 0 Å². The first-order chi connectivity index (χ1) is 16.0. The SMILES string of the molecule is CCOC(=O)Cc1cnn(C/C=C2\CN(C(C(=O)C3CC3)c3ccccc3F)CCC2S)c1.Cl. The molecule has 0 bridgehead atoms. The molecule has 9 heteroatoms. The number of ether oxygens (including phenoxy) is 1. The summed E-state index contributed by atoms with van der Waals surface area (Å²) in [6.45, 7) is 3.92. The molecule has 1 aromatic heterocycles. The van der Waals surface area contributed by atoms with Gasteiger partial charge in [0.05, 0.1) is 31.8 Å². The quantitative estimate of drug-likeness (QED) is 0.313. The number of carbonyl (C=O) groups excluding carboxylic acids is 2. The van der Waals surface area contributed by atoms with E-state index >= 15 is 0 Å². The summed E-state index contributed by atoms with van der Waals surface area (Å²) in [6.07, 6.45) is 8.34. The first-order valence-electron chi connectivity index (χ1n) is 11.5. The minimum atomic E-state index is -0.566. The molecule has 0 spiro atoms. The second kappa shape index (κ2) is 12.0. The van der Waals surface area contributed by atoms with Crippen molar-refractivity contribution in [3.63, 3.8) is 0 Å². The standard InChI is InChI=1S/C25H30FN3O3S.ClH/c1-2-32-23(30)13-17-14-27-29(15-17)12-9-19-16-28(11-10-22(19)33)24(25(31)18-7-8-18)20-5-3-4-6-21(20)26;/h3-6,9,14-15,18,22,24,33H,2,7-8,10-13,16H2,1H3;1H/b19-9+;. The Morgan fingerprint density at radius 3 is 2.76 bits per heavy atom. The summed E-state index contributed by atoms with van der Waals surface area (Å²) in [5.41, 5.74) is 2.35. The van der Waals surface area contributed by atoms with E-state index in [2.05, 4.69) is 16.1 Å². The van der Waals surface area contributed by atoms with Crippen LogP contribution in [0.4, 0.5) is 4.39 Å². The molecular weight excluding hydrogens is 477 g/mol. The number of likely N-dealkylation sites (tertiary alicyclic amines) is 1. The number of nitrogens with zero attached hydrogens (tertiary/aromatic N) is 3. The number of aromatic nitrogens is 2. The van der Waals surface area contributed by atoms with E-state index in [0.29, 0.717) is 31.8 Å². The molecule has 2 atom stereocenters. The van der Waals surface area contributed by atoms with Gasteiger partial charge in [-0.05, 0) is 37.8 Å². The van der Waals surface area contributed by atoms with E-state index in [-0.39, 0.29) is 47.6 Å². The Morgan fingerprint density at radius 1 is 1.29 bits per heavy atom. The molecule has 0 radical (unpaired) electrons. The summed E-state index contributed by atoms with van der Waals surface area (Å²) in [4.78, 5) is 26.9. The van der Waals surface area contributed by atoms with Crippen molar-refractivity contribution in [3.8, 4) is 0 Å². The van der Waals surface area contributed by atoms with Gasteiger partial charge in [-0.15, -0.1) is 12.4 Å². The van der Waals surface area contributed by atoms with Crippen LogP contribution < -0.4 is 0 Å². The molecule has 1 saturated carbocycles. The monoisotopic (exact) mass is 507 g/mol. The predicted octanol–water partition coefficient (Wildman–Crippen LogP) is 4.20. The summed E-state index contributed by atoms with van der Waals surface area (Å²) in [5.74, 6) is -0.445. The number of hydrogen-bond acceptors (Lipinski definition) is 6. The first kappa shape index (κ1) is 26.4. The highest BCUT2D eigenvalue weighted by atomic mass is 35.5. The van der Waals surface area contributed by atoms with Crippen molar-refractivity contribution in [1.82, 2.24) is 14.7 Å². The highest BCUT2D eigenvalue weighted by Crippen LogP contribution is 2.39. The van der Waals surface area contributed by atoms with Crippen LogP contribution >= 0.6 is 25.0 Å². The molecule has 2 heterocycles. The maximum Gasteiger partial charge on any atom is 0.310 e. The van der Waals surface area contributed by atoms with Gasteiger partial charge in [0.25, 0.3) is 0 Å². The fourth-order valence-electron chi connectivity index (χ4n) is 4.32. The Hall–Kier alpha value is -2.16. The molecule has 1 aromatic carbocycles. The van der Waals surface area contributed by atoms with Crippen molar-refractivity contribution in [2.24, 2.45) is 5.92 Å². The zero-order chi connectivity index (χ0) is 23.4. The molecule has 0 N–H and O–H groups in total. The highest BCUT2D eigenvalue weighted by Gasteiger charge is 2.40. The number of carbonyl (C=O) groups is 2. The maximum absolute atomic E-state index is 14.7. The van der Waals surface area contributed by atoms with E-state index in [1.54, 1.807) is 36.0 Å². The highest BCUT2D eigenvalue weighted by molar-refractivity contribution is 7.81. The van der Waals surface area contributed by atoms with E-state index in [4.69, 9.17) is 17.4 Å². The lowest BCUT2D eigenvalue weighted by Gasteiger charge is -2.37. The van der Waals surface area contributed by atoms with Crippen molar-refractivity contribution >= 4 is 36.8 Å². The van der Waals surface area contributed by atoms with Gasteiger partial charge in [0.2, 0.25) is 0 Å². The maximum atomic E-state index is 14.7. The molecule has 6 nitrogen and oxygen atoms in total. The number of piperidine rings is 1. The summed E-state index contributed by atoms with van der Waals surface area (Å²) in [7, 11) is 0. The molecule has 2 unspecified atom stereocenters. The van der Waals surface area contributed by atoms with Crippen molar-refractivity contribution in [1.29, 1.82) is 0 Å². The van der Waals surface area contributed by atoms with Crippen LogP contribution in [0, 0.1) is 11.7 Å². The minimum Gasteiger partial charge on any atom is -0.466 e. The van der Waals surface area contributed by atoms with Crippen molar-refractivity contribution < 1.29 is 18.7 Å². The summed E-state index contributed by atoms with van der Waals surface area (Å²) in [6, 6.07) is 6.04. The molecule has 1 aliphatic carbocycles. The van der Waals surface area contributed by atoms with Gasteiger partial charge in [-0.3, -0.25) is 19.2 Å². The lowest BCUT2D eigenvalue weighted by molar-refractivity contribution is -0.142. The summed E-state index contributed by atoms with van der Waals surface area (Å²) in [5, 5.41) is 4.41. The molecule has 1 saturated heterocycles. The van der Waals surface area contributed by atoms with Crippen LogP contribution in [0.25, 0.3) is 0 Å². The molecule has 34 heavy (non-hydrogen) atoms. The van der Waals surface area contributed by atoms with Crippen molar-refractivity contribution in [3.05, 3.63) is 65.3 Å². The van der Waals surface area contributed by atoms with Gasteiger partial charge in [0.15, 0.2) is 5.78 Å². The predicted molar refractivity (Wildman–Crippen MR) is 134 cm³/mol. The number of halogens is 2. The van der Waals surface area contributed by atoms with Gasteiger partial charge < -0.3 is 4.74 Å². The molecular formula is C25H31ClFN3O3S. The van der Waals surface area contributed by atoms with E-state index < -0.39 is 6.04 Å². The number of allylic oxidation sites excluding steroid dienone is 1. The normalized spacial score (nSPS) is 20.6. The molecule has 2 aliphatic rings. The van der Waals surface area contributed by atoms with Crippen LogP contribution in [-0.4, -0.2) is 51.4 Å². The Kier molecular flexibility index (Phi) is 9.33. The van der Waals surface area contributed by atoms with Crippen LogP contribution in [0.3, 0.4) is 0 Å². The van der Waals surface area contributed by atoms with Gasteiger partial charge in [-0.25, -0.2) is 4.39 Å². The minimum absolute atomic E-state index is 0. The van der Waals surface area contributed by atoms with Crippen molar-refractivity contribution in [2.75, 3.05) is 19.7 Å². The van der Waals surface area contributed by atoms with E-state index in [9.17, 15) is 14.0 Å². The average Bonchev–Trinajstić information content (AvgIpc) is 3.56. The van der Waals surface area contributed by atoms with Gasteiger partial charge in [0.1, 0.15) is 5.82 Å². The van der Waals surface area contributed by atoms with Gasteiger partial charge in [-0.1, -0.05) is 24.3 Å². The zero-order valence-electron chi connectivity index (χ0n) is 19.2. The fourth-order valence-corrected chi connectivity index (χ4v) is 4.62. The molecule has 2 aromatic rings. The summed E-state index contributed by atoms with van der Waals surface area (Å²) < 4.78 is 21.4. The number of rotatable bonds is 9. The average molecular weight is 508 g/mol. The van der Waals surface area contributed by atoms with E-state index in [0.717, 1.165) is 30.4 Å². The number of ketones is 1. The van der Waals surface area contributed by atoms with Crippen LogP contribution in [-0.2, 0) is 27.3 Å². The lowest BCUT2D eigenvalue weighted by atomic mass is 9.93. The molecule has 184 valence electrons. The number of thiol groups is 1. The van der Waals surface area contributed by atoms with Crippen molar-refractivity contribution in [2.45, 2.75) is 50.4 Å². The third-order valence-electron chi connectivity index (χ3n) is 6.20. The van der Waals surface area contributed by atoms with Gasteiger partial charge in [-0.2, -0.15) is 17.7 Å². The Balaban J connectivity index is 0.00000324. The zero-order valence-corrected chi connectivity index (χ0v) is 20.9. The fraction of sp³-hybridized carbons (Fsp3) is 0.480.